The second kappa shape index (κ2) is 3.56. The predicted octanol–water partition coefficient (Wildman–Crippen LogP) is 0.250. The maximum atomic E-state index is 10.8. The van der Waals surface area contributed by atoms with Gasteiger partial charge in [-0.25, -0.2) is 0 Å². The van der Waals surface area contributed by atoms with Gasteiger partial charge < -0.3 is 11.1 Å². The monoisotopic (exact) mass is 144 g/mol. The van der Waals surface area contributed by atoms with Crippen molar-refractivity contribution in [2.75, 3.05) is 6.54 Å². The topological polar surface area (TPSA) is 55.1 Å². The van der Waals surface area contributed by atoms with Gasteiger partial charge in [-0.3, -0.25) is 4.79 Å². The molecule has 0 spiro atoms. The number of nitrogens with two attached hydrogens (primary N) is 1. The van der Waals surface area contributed by atoms with Crippen LogP contribution in [0.4, 0.5) is 0 Å². The van der Waals surface area contributed by atoms with Gasteiger partial charge in [0.25, 0.3) is 0 Å². The molecule has 0 fully saturated rings. The summed E-state index contributed by atoms with van der Waals surface area (Å²) >= 11 is 0. The summed E-state index contributed by atoms with van der Waals surface area (Å²) in [6, 6.07) is 0. The number of amides is 1. The first-order valence-corrected chi connectivity index (χ1v) is 3.61. The summed E-state index contributed by atoms with van der Waals surface area (Å²) in [6.07, 6.45) is 0.732. The number of carbonyl (C=O) groups is 1. The first-order valence-electron chi connectivity index (χ1n) is 3.61. The van der Waals surface area contributed by atoms with Crippen molar-refractivity contribution < 1.29 is 4.79 Å². The van der Waals surface area contributed by atoms with Crippen LogP contribution < -0.4 is 11.1 Å². The highest BCUT2D eigenvalue weighted by Crippen LogP contribution is 2.06. The van der Waals surface area contributed by atoms with Gasteiger partial charge in [-0.2, -0.15) is 0 Å². The van der Waals surface area contributed by atoms with E-state index in [2.05, 4.69) is 5.32 Å². The molecule has 0 saturated heterocycles. The number of primary amides is 1. The smallest absolute Gasteiger partial charge is 0.237 e. The van der Waals surface area contributed by atoms with E-state index >= 15 is 0 Å². The van der Waals surface area contributed by atoms with Crippen molar-refractivity contribution in [3.05, 3.63) is 0 Å². The van der Waals surface area contributed by atoms with Crippen LogP contribution in [-0.4, -0.2) is 18.0 Å². The second-order valence-corrected chi connectivity index (χ2v) is 2.58. The van der Waals surface area contributed by atoms with Crippen molar-refractivity contribution in [1.29, 1.82) is 0 Å². The van der Waals surface area contributed by atoms with Crippen LogP contribution >= 0.6 is 0 Å². The maximum Gasteiger partial charge on any atom is 0.237 e. The van der Waals surface area contributed by atoms with Crippen LogP contribution in [0.25, 0.3) is 0 Å². The zero-order valence-corrected chi connectivity index (χ0v) is 6.90. The number of carbonyl (C=O) groups excluding carboxylic acids is 1. The van der Waals surface area contributed by atoms with Gasteiger partial charge in [0.2, 0.25) is 5.91 Å². The summed E-state index contributed by atoms with van der Waals surface area (Å²) in [4.78, 5) is 10.8. The molecule has 0 radical (unpaired) electrons. The Hall–Kier alpha value is -0.570. The molecule has 0 aliphatic rings. The predicted molar refractivity (Wildman–Crippen MR) is 41.6 cm³/mol. The molecule has 1 unspecified atom stereocenters. The molecule has 60 valence electrons. The molecule has 10 heavy (non-hydrogen) atoms. The lowest BCUT2D eigenvalue weighted by Crippen LogP contribution is -2.52. The summed E-state index contributed by atoms with van der Waals surface area (Å²) in [6.45, 7) is 6.48. The zero-order chi connectivity index (χ0) is 8.20. The summed E-state index contributed by atoms with van der Waals surface area (Å²) < 4.78 is 0. The quantitative estimate of drug-likeness (QED) is 0.594. The average molecular weight is 144 g/mol. The molecule has 1 amide bonds. The second-order valence-electron chi connectivity index (χ2n) is 2.58. The molecule has 0 heterocycles. The van der Waals surface area contributed by atoms with Crippen LogP contribution in [0, 0.1) is 0 Å². The van der Waals surface area contributed by atoms with Crippen molar-refractivity contribution in [3.8, 4) is 0 Å². The maximum absolute atomic E-state index is 10.8. The molecule has 0 aromatic heterocycles. The molecule has 0 rings (SSSR count). The van der Waals surface area contributed by atoms with E-state index in [4.69, 9.17) is 5.73 Å². The van der Waals surface area contributed by atoms with Gasteiger partial charge in [0.1, 0.15) is 0 Å². The lowest BCUT2D eigenvalue weighted by atomic mass is 9.98. The van der Waals surface area contributed by atoms with Crippen LogP contribution in [0.2, 0.25) is 0 Å². The highest BCUT2D eigenvalue weighted by Gasteiger charge is 2.26. The minimum Gasteiger partial charge on any atom is -0.368 e. The molecule has 3 nitrogen and oxygen atoms in total. The summed E-state index contributed by atoms with van der Waals surface area (Å²) in [5, 5.41) is 3.03. The van der Waals surface area contributed by atoms with E-state index in [0.717, 1.165) is 13.0 Å². The number of nitrogens with one attached hydrogen (secondary N) is 1. The van der Waals surface area contributed by atoms with Gasteiger partial charge in [0.05, 0.1) is 5.54 Å². The Kier molecular flexibility index (Phi) is 3.36. The third-order valence-corrected chi connectivity index (χ3v) is 1.82. The molecule has 3 heteroatoms. The van der Waals surface area contributed by atoms with Gasteiger partial charge in [-0.15, -0.1) is 0 Å². The van der Waals surface area contributed by atoms with E-state index in [1.165, 1.54) is 0 Å². The van der Waals surface area contributed by atoms with Crippen LogP contribution in [0.5, 0.6) is 0 Å². The van der Waals surface area contributed by atoms with Gasteiger partial charge in [0.15, 0.2) is 0 Å². The van der Waals surface area contributed by atoms with E-state index in [1.54, 1.807) is 0 Å². The molecule has 0 bridgehead atoms. The van der Waals surface area contributed by atoms with Crippen molar-refractivity contribution in [2.24, 2.45) is 5.73 Å². The Balaban J connectivity index is 4.08. The molecule has 1 atom stereocenters. The van der Waals surface area contributed by atoms with Gasteiger partial charge in [-0.05, 0) is 19.9 Å². The van der Waals surface area contributed by atoms with E-state index in [1.807, 2.05) is 20.8 Å². The Morgan fingerprint density at radius 3 is 2.20 bits per heavy atom. The highest BCUT2D eigenvalue weighted by molar-refractivity contribution is 5.84. The standard InChI is InChI=1S/C7H16N2O/c1-4-7(3,6(8)10)9-5-2/h9H,4-5H2,1-3H3,(H2,8,10). The fourth-order valence-corrected chi connectivity index (χ4v) is 0.777. The molecule has 0 aliphatic carbocycles. The number of likely N-dealkylation sites (N-methyl/N-ethyl adjacent to an activating group) is 1. The highest BCUT2D eigenvalue weighted by atomic mass is 16.1. The Labute approximate surface area is 62.0 Å². The SMILES string of the molecule is CCNC(C)(CC)C(N)=O. The Morgan fingerprint density at radius 1 is 1.60 bits per heavy atom. The van der Waals surface area contributed by atoms with Crippen molar-refractivity contribution >= 4 is 5.91 Å². The number of hydrogen-bond acceptors (Lipinski definition) is 2. The lowest BCUT2D eigenvalue weighted by molar-refractivity contribution is -0.123. The fraction of sp³-hybridized carbons (Fsp3) is 0.857. The minimum atomic E-state index is -0.519. The van der Waals surface area contributed by atoms with E-state index in [-0.39, 0.29) is 5.91 Å². The molecule has 0 aromatic carbocycles. The van der Waals surface area contributed by atoms with Gasteiger partial charge >= 0.3 is 0 Å². The number of rotatable bonds is 4. The molecular formula is C7H16N2O. The first-order chi connectivity index (χ1) is 4.56. The third kappa shape index (κ3) is 1.99. The number of hydrogen-bond donors (Lipinski definition) is 2. The normalized spacial score (nSPS) is 16.3. The summed E-state index contributed by atoms with van der Waals surface area (Å²) in [7, 11) is 0. The van der Waals surface area contributed by atoms with Gasteiger partial charge in [0, 0.05) is 0 Å². The molecular weight excluding hydrogens is 128 g/mol. The lowest BCUT2D eigenvalue weighted by Gasteiger charge is -2.24. The third-order valence-electron chi connectivity index (χ3n) is 1.82. The Bertz CT molecular complexity index is 125. The van der Waals surface area contributed by atoms with E-state index in [9.17, 15) is 4.79 Å². The summed E-state index contributed by atoms with van der Waals surface area (Å²) in [5.74, 6) is -0.281. The Morgan fingerprint density at radius 2 is 2.10 bits per heavy atom. The van der Waals surface area contributed by atoms with E-state index < -0.39 is 5.54 Å². The largest absolute Gasteiger partial charge is 0.368 e. The average Bonchev–Trinajstić information content (AvgIpc) is 1.88. The van der Waals surface area contributed by atoms with Crippen molar-refractivity contribution in [2.45, 2.75) is 32.7 Å². The van der Waals surface area contributed by atoms with Crippen LogP contribution in [0.1, 0.15) is 27.2 Å². The van der Waals surface area contributed by atoms with Gasteiger partial charge in [-0.1, -0.05) is 13.8 Å². The molecule has 3 N–H and O–H groups in total. The molecule has 0 saturated carbocycles. The zero-order valence-electron chi connectivity index (χ0n) is 6.90. The van der Waals surface area contributed by atoms with Crippen molar-refractivity contribution in [3.63, 3.8) is 0 Å². The van der Waals surface area contributed by atoms with Crippen molar-refractivity contribution in [1.82, 2.24) is 5.32 Å². The van der Waals surface area contributed by atoms with Crippen LogP contribution in [0.15, 0.2) is 0 Å². The summed E-state index contributed by atoms with van der Waals surface area (Å²) in [5.41, 5.74) is 4.65. The fourth-order valence-electron chi connectivity index (χ4n) is 0.777. The minimum absolute atomic E-state index is 0.281. The molecule has 0 aromatic rings. The molecule has 0 aliphatic heterocycles. The van der Waals surface area contributed by atoms with E-state index in [0.29, 0.717) is 0 Å². The first kappa shape index (κ1) is 9.43. The van der Waals surface area contributed by atoms with Crippen LogP contribution in [0.3, 0.4) is 0 Å². The van der Waals surface area contributed by atoms with Crippen LogP contribution in [-0.2, 0) is 4.79 Å².